The first kappa shape index (κ1) is 20.8. The number of aromatic hydroxyl groups is 1. The van der Waals surface area contributed by atoms with E-state index in [1.165, 1.54) is 0 Å². The van der Waals surface area contributed by atoms with Crippen molar-refractivity contribution in [2.24, 2.45) is 0 Å². The largest absolute Gasteiger partial charge is 0.506 e. The first-order valence-electron chi connectivity index (χ1n) is 9.59. The quantitative estimate of drug-likeness (QED) is 0.265. The molecule has 0 aliphatic heterocycles. The molecule has 1 atom stereocenters. The predicted octanol–water partition coefficient (Wildman–Crippen LogP) is 4.09. The fraction of sp³-hybridized carbons (Fsp3) is 0.125. The van der Waals surface area contributed by atoms with E-state index in [0.29, 0.717) is 10.9 Å². The maximum absolute atomic E-state index is 13.6. The van der Waals surface area contributed by atoms with Gasteiger partial charge in [-0.25, -0.2) is 4.79 Å². The van der Waals surface area contributed by atoms with Crippen molar-refractivity contribution in [3.63, 3.8) is 0 Å². The number of aromatic nitrogens is 1. The van der Waals surface area contributed by atoms with Crippen LogP contribution in [0.25, 0.3) is 11.0 Å². The van der Waals surface area contributed by atoms with Crippen LogP contribution in [0, 0.1) is 0 Å². The standard InChI is InChI=1S/C24H19BrN2O4/c1-26(2)17-11-13-27(14-12-17)21(22(28)15-7-9-16(25)10-8-15)20-23(29)18-5-3-4-6-19(18)31-24(20)30/h3-14,21H,1-2H3/p+1. The Labute approximate surface area is 187 Å². The van der Waals surface area contributed by atoms with Gasteiger partial charge in [-0.1, -0.05) is 40.2 Å². The number of hydrogen-bond acceptors (Lipinski definition) is 5. The lowest BCUT2D eigenvalue weighted by atomic mass is 9.96. The molecule has 0 bridgehead atoms. The van der Waals surface area contributed by atoms with Crippen LogP contribution in [-0.4, -0.2) is 25.0 Å². The van der Waals surface area contributed by atoms with Gasteiger partial charge in [0.2, 0.25) is 5.78 Å². The minimum Gasteiger partial charge on any atom is -0.506 e. The van der Waals surface area contributed by atoms with Gasteiger partial charge in [-0.2, -0.15) is 4.57 Å². The number of nitrogens with zero attached hydrogens (tertiary/aromatic N) is 2. The van der Waals surface area contributed by atoms with E-state index in [1.54, 1.807) is 65.5 Å². The van der Waals surface area contributed by atoms with Gasteiger partial charge >= 0.3 is 5.63 Å². The highest BCUT2D eigenvalue weighted by molar-refractivity contribution is 9.10. The number of carbonyl (C=O) groups excluding carboxylic acids is 1. The van der Waals surface area contributed by atoms with Crippen LogP contribution in [0.1, 0.15) is 22.0 Å². The number of benzene rings is 2. The lowest BCUT2D eigenvalue weighted by Gasteiger charge is -2.15. The normalized spacial score (nSPS) is 12.0. The van der Waals surface area contributed by atoms with Gasteiger partial charge in [0.15, 0.2) is 18.0 Å². The molecule has 0 fully saturated rings. The Morgan fingerprint density at radius 3 is 2.32 bits per heavy atom. The Morgan fingerprint density at radius 1 is 1.03 bits per heavy atom. The molecule has 0 amide bonds. The Bertz CT molecular complexity index is 1310. The van der Waals surface area contributed by atoms with Crippen LogP contribution in [0.15, 0.2) is 86.7 Å². The summed E-state index contributed by atoms with van der Waals surface area (Å²) in [6.45, 7) is 0. The minimum absolute atomic E-state index is 0.103. The fourth-order valence-corrected chi connectivity index (χ4v) is 3.74. The SMILES string of the molecule is CN(C)c1cc[n+](C(C(=O)c2ccc(Br)cc2)c2c(O)c3ccccc3oc2=O)cc1. The zero-order valence-corrected chi connectivity index (χ0v) is 18.5. The second-order valence-electron chi connectivity index (χ2n) is 7.32. The maximum Gasteiger partial charge on any atom is 0.350 e. The third-order valence-corrected chi connectivity index (χ3v) is 5.65. The smallest absolute Gasteiger partial charge is 0.350 e. The second-order valence-corrected chi connectivity index (χ2v) is 8.24. The number of halogens is 1. The lowest BCUT2D eigenvalue weighted by Crippen LogP contribution is -2.46. The van der Waals surface area contributed by atoms with Crippen LogP contribution < -0.4 is 15.1 Å². The van der Waals surface area contributed by atoms with Gasteiger partial charge in [0.1, 0.15) is 11.3 Å². The zero-order valence-electron chi connectivity index (χ0n) is 16.9. The Kier molecular flexibility index (Phi) is 5.61. The zero-order chi connectivity index (χ0) is 22.1. The number of rotatable bonds is 5. The fourth-order valence-electron chi connectivity index (χ4n) is 3.48. The van der Waals surface area contributed by atoms with Gasteiger partial charge in [0, 0.05) is 42.0 Å². The van der Waals surface area contributed by atoms with Gasteiger partial charge in [0.25, 0.3) is 6.04 Å². The van der Waals surface area contributed by atoms with E-state index < -0.39 is 11.7 Å². The summed E-state index contributed by atoms with van der Waals surface area (Å²) in [6, 6.07) is 16.1. The van der Waals surface area contributed by atoms with E-state index in [2.05, 4.69) is 15.9 Å². The van der Waals surface area contributed by atoms with Crippen molar-refractivity contribution in [3.05, 3.63) is 99.1 Å². The first-order chi connectivity index (χ1) is 14.9. The molecule has 2 heterocycles. The molecule has 7 heteroatoms. The monoisotopic (exact) mass is 479 g/mol. The molecular weight excluding hydrogens is 460 g/mol. The molecule has 2 aromatic carbocycles. The van der Waals surface area contributed by atoms with Gasteiger partial charge in [-0.15, -0.1) is 0 Å². The van der Waals surface area contributed by atoms with Crippen molar-refractivity contribution >= 4 is 38.4 Å². The number of anilines is 1. The van der Waals surface area contributed by atoms with Crippen molar-refractivity contribution in [1.82, 2.24) is 0 Å². The summed E-state index contributed by atoms with van der Waals surface area (Å²) in [5.74, 6) is -0.598. The summed E-state index contributed by atoms with van der Waals surface area (Å²) < 4.78 is 7.89. The van der Waals surface area contributed by atoms with Crippen LogP contribution >= 0.6 is 15.9 Å². The molecule has 0 aliphatic rings. The van der Waals surface area contributed by atoms with Gasteiger partial charge in [0.05, 0.1) is 5.39 Å². The molecule has 4 rings (SSSR count). The minimum atomic E-state index is -1.10. The number of ketones is 1. The number of para-hydroxylation sites is 1. The van der Waals surface area contributed by atoms with Crippen LogP contribution in [0.5, 0.6) is 5.75 Å². The average molecular weight is 480 g/mol. The molecule has 0 saturated carbocycles. The lowest BCUT2D eigenvalue weighted by molar-refractivity contribution is -0.699. The molecule has 2 aromatic heterocycles. The van der Waals surface area contributed by atoms with Crippen LogP contribution in [-0.2, 0) is 0 Å². The van der Waals surface area contributed by atoms with E-state index >= 15 is 0 Å². The van der Waals surface area contributed by atoms with Crippen molar-refractivity contribution in [1.29, 1.82) is 0 Å². The van der Waals surface area contributed by atoms with Crippen LogP contribution in [0.3, 0.4) is 0 Å². The van der Waals surface area contributed by atoms with Crippen molar-refractivity contribution in [3.8, 4) is 5.75 Å². The summed E-state index contributed by atoms with van der Waals surface area (Å²) in [5, 5.41) is 11.4. The Balaban J connectivity index is 1.94. The summed E-state index contributed by atoms with van der Waals surface area (Å²) in [7, 11) is 3.82. The predicted molar refractivity (Wildman–Crippen MR) is 122 cm³/mol. The van der Waals surface area contributed by atoms with Crippen molar-refractivity contribution in [2.75, 3.05) is 19.0 Å². The molecule has 0 radical (unpaired) electrons. The average Bonchev–Trinajstić information content (AvgIpc) is 2.77. The van der Waals surface area contributed by atoms with Crippen molar-refractivity contribution < 1.29 is 18.9 Å². The van der Waals surface area contributed by atoms with E-state index in [1.807, 2.05) is 31.1 Å². The molecule has 0 saturated heterocycles. The molecule has 6 nitrogen and oxygen atoms in total. The van der Waals surface area contributed by atoms with Crippen LogP contribution in [0.2, 0.25) is 0 Å². The van der Waals surface area contributed by atoms with E-state index in [9.17, 15) is 14.7 Å². The summed E-state index contributed by atoms with van der Waals surface area (Å²) >= 11 is 3.37. The van der Waals surface area contributed by atoms with E-state index in [0.717, 1.165) is 10.2 Å². The Hall–Kier alpha value is -3.45. The highest BCUT2D eigenvalue weighted by Gasteiger charge is 2.37. The van der Waals surface area contributed by atoms with E-state index in [-0.39, 0.29) is 22.7 Å². The summed E-state index contributed by atoms with van der Waals surface area (Å²) in [5.41, 5.74) is 0.742. The van der Waals surface area contributed by atoms with Gasteiger partial charge < -0.3 is 14.4 Å². The third kappa shape index (κ3) is 3.96. The molecule has 1 N–H and O–H groups in total. The maximum atomic E-state index is 13.6. The number of pyridine rings is 1. The summed E-state index contributed by atoms with van der Waals surface area (Å²) in [4.78, 5) is 28.4. The molecular formula is C24H20BrN2O4+. The first-order valence-corrected chi connectivity index (χ1v) is 10.4. The molecule has 31 heavy (non-hydrogen) atoms. The van der Waals surface area contributed by atoms with Gasteiger partial charge in [-0.05, 0) is 24.3 Å². The second kappa shape index (κ2) is 8.35. The number of Topliss-reactive ketones (excluding diaryl/α,β-unsaturated/α-hetero) is 1. The third-order valence-electron chi connectivity index (χ3n) is 5.12. The highest BCUT2D eigenvalue weighted by atomic mass is 79.9. The Morgan fingerprint density at radius 2 is 1.68 bits per heavy atom. The topological polar surface area (TPSA) is 74.6 Å². The number of fused-ring (bicyclic) bond motifs is 1. The van der Waals surface area contributed by atoms with Gasteiger partial charge in [-0.3, -0.25) is 4.79 Å². The molecule has 1 unspecified atom stereocenters. The molecule has 156 valence electrons. The number of carbonyl (C=O) groups is 1. The highest BCUT2D eigenvalue weighted by Crippen LogP contribution is 2.31. The molecule has 4 aromatic rings. The van der Waals surface area contributed by atoms with E-state index in [4.69, 9.17) is 4.42 Å². The molecule has 0 spiro atoms. The molecule has 0 aliphatic carbocycles. The number of hydrogen-bond donors (Lipinski definition) is 1. The van der Waals surface area contributed by atoms with Crippen molar-refractivity contribution in [2.45, 2.75) is 6.04 Å². The summed E-state index contributed by atoms with van der Waals surface area (Å²) in [6.07, 6.45) is 3.43. The van der Waals surface area contributed by atoms with Crippen LogP contribution in [0.4, 0.5) is 5.69 Å².